The van der Waals surface area contributed by atoms with Crippen LogP contribution in [0.1, 0.15) is 49.5 Å². The lowest BCUT2D eigenvalue weighted by Crippen LogP contribution is -2.50. The molecule has 0 unspecified atom stereocenters. The van der Waals surface area contributed by atoms with Crippen molar-refractivity contribution in [2.45, 2.75) is 63.8 Å². The van der Waals surface area contributed by atoms with Crippen LogP contribution in [0.2, 0.25) is 0 Å². The number of aliphatic hydroxyl groups excluding tert-OH is 1. The zero-order valence-corrected chi connectivity index (χ0v) is 17.7. The van der Waals surface area contributed by atoms with E-state index in [9.17, 15) is 9.90 Å². The topological polar surface area (TPSA) is 79.6 Å². The summed E-state index contributed by atoms with van der Waals surface area (Å²) in [6.07, 6.45) is 8.17. The van der Waals surface area contributed by atoms with Crippen molar-refractivity contribution in [2.75, 3.05) is 19.7 Å². The van der Waals surface area contributed by atoms with Crippen molar-refractivity contribution in [3.05, 3.63) is 48.0 Å². The molecule has 7 nitrogen and oxygen atoms in total. The monoisotopic (exact) mass is 412 g/mol. The summed E-state index contributed by atoms with van der Waals surface area (Å²) in [5.41, 5.74) is 1.26. The molecule has 0 bridgehead atoms. The summed E-state index contributed by atoms with van der Waals surface area (Å²) in [5.74, 6) is 1.36. The summed E-state index contributed by atoms with van der Waals surface area (Å²) in [6, 6.07) is 7.64. The van der Waals surface area contributed by atoms with Crippen LogP contribution in [0, 0.1) is 6.92 Å². The molecule has 1 aromatic heterocycles. The summed E-state index contributed by atoms with van der Waals surface area (Å²) < 4.78 is 7.67. The van der Waals surface area contributed by atoms with E-state index in [0.29, 0.717) is 5.75 Å². The van der Waals surface area contributed by atoms with Gasteiger partial charge in [0.15, 0.2) is 6.61 Å². The van der Waals surface area contributed by atoms with Crippen molar-refractivity contribution in [1.82, 2.24) is 19.8 Å². The molecule has 7 heteroatoms. The van der Waals surface area contributed by atoms with Crippen LogP contribution in [0.4, 0.5) is 0 Å². The first-order chi connectivity index (χ1) is 14.6. The minimum absolute atomic E-state index is 0.0521. The van der Waals surface area contributed by atoms with Gasteiger partial charge in [-0.3, -0.25) is 9.69 Å². The number of carbonyl (C=O) groups excluding carboxylic acids is 1. The molecule has 4 rings (SSSR count). The number of rotatable bonds is 7. The molecule has 2 heterocycles. The second-order valence-electron chi connectivity index (χ2n) is 8.46. The third-order valence-corrected chi connectivity index (χ3v) is 6.29. The highest BCUT2D eigenvalue weighted by molar-refractivity contribution is 5.77. The van der Waals surface area contributed by atoms with Crippen LogP contribution in [-0.2, 0) is 11.3 Å². The van der Waals surface area contributed by atoms with E-state index in [2.05, 4.69) is 27.3 Å². The highest BCUT2D eigenvalue weighted by Crippen LogP contribution is 2.30. The van der Waals surface area contributed by atoms with Crippen LogP contribution >= 0.6 is 0 Å². The zero-order chi connectivity index (χ0) is 20.9. The second kappa shape index (κ2) is 9.62. The second-order valence-corrected chi connectivity index (χ2v) is 8.46. The van der Waals surface area contributed by atoms with Gasteiger partial charge < -0.3 is 19.7 Å². The van der Waals surface area contributed by atoms with Gasteiger partial charge in [0.05, 0.1) is 18.2 Å². The van der Waals surface area contributed by atoms with Gasteiger partial charge in [-0.15, -0.1) is 0 Å². The van der Waals surface area contributed by atoms with E-state index < -0.39 is 6.10 Å². The lowest BCUT2D eigenvalue weighted by molar-refractivity contribution is -0.125. The first-order valence-electron chi connectivity index (χ1n) is 11.0. The predicted octanol–water partition coefficient (Wildman–Crippen LogP) is 2.44. The summed E-state index contributed by atoms with van der Waals surface area (Å²) in [6.45, 7) is 5.19. The molecule has 2 aromatic rings. The number of ether oxygens (including phenoxy) is 1. The number of aliphatic hydroxyl groups is 1. The lowest BCUT2D eigenvalue weighted by Gasteiger charge is -2.36. The Labute approximate surface area is 178 Å². The molecule has 1 aliphatic heterocycles. The van der Waals surface area contributed by atoms with Gasteiger partial charge in [-0.2, -0.15) is 0 Å². The third-order valence-electron chi connectivity index (χ3n) is 6.29. The van der Waals surface area contributed by atoms with Crippen LogP contribution in [0.25, 0.3) is 0 Å². The number of nitrogens with zero attached hydrogens (tertiary/aromatic N) is 3. The van der Waals surface area contributed by atoms with E-state index in [-0.39, 0.29) is 24.6 Å². The number of benzene rings is 1. The average molecular weight is 413 g/mol. The van der Waals surface area contributed by atoms with Crippen molar-refractivity contribution in [3.8, 4) is 5.75 Å². The minimum atomic E-state index is -0.638. The number of aryl methyl sites for hydroxylation is 1. The van der Waals surface area contributed by atoms with E-state index in [1.54, 1.807) is 6.20 Å². The van der Waals surface area contributed by atoms with Gasteiger partial charge in [0.2, 0.25) is 0 Å². The predicted molar refractivity (Wildman–Crippen MR) is 114 cm³/mol. The number of likely N-dealkylation sites (tertiary alicyclic amines) is 1. The Kier molecular flexibility index (Phi) is 6.69. The molecule has 0 spiro atoms. The fraction of sp³-hybridized carbons (Fsp3) is 0.565. The van der Waals surface area contributed by atoms with Crippen LogP contribution < -0.4 is 10.1 Å². The van der Waals surface area contributed by atoms with Gasteiger partial charge in [-0.05, 0) is 69.8 Å². The molecule has 162 valence electrons. The smallest absolute Gasteiger partial charge is 0.258 e. The lowest BCUT2D eigenvalue weighted by atomic mass is 9.87. The van der Waals surface area contributed by atoms with Crippen LogP contribution in [-0.4, -0.2) is 57.3 Å². The fourth-order valence-electron chi connectivity index (χ4n) is 4.64. The molecular weight excluding hydrogens is 380 g/mol. The molecule has 0 radical (unpaired) electrons. The van der Waals surface area contributed by atoms with E-state index in [4.69, 9.17) is 4.74 Å². The van der Waals surface area contributed by atoms with Crippen molar-refractivity contribution < 1.29 is 14.6 Å². The number of amides is 1. The average Bonchev–Trinajstić information content (AvgIpc) is 3.41. The third kappa shape index (κ3) is 5.02. The van der Waals surface area contributed by atoms with Crippen LogP contribution in [0.5, 0.6) is 5.75 Å². The summed E-state index contributed by atoms with van der Waals surface area (Å²) in [7, 11) is 0. The molecule has 2 fully saturated rings. The Morgan fingerprint density at radius 1 is 1.20 bits per heavy atom. The Morgan fingerprint density at radius 3 is 2.67 bits per heavy atom. The maximum absolute atomic E-state index is 12.4. The molecule has 3 atom stereocenters. The number of hydrogen-bond donors (Lipinski definition) is 2. The summed E-state index contributed by atoms with van der Waals surface area (Å²) in [4.78, 5) is 19.1. The SMILES string of the molecule is Cc1nccn1[C@@H]1CCC[C@@H](NC(=O)COc2ccc(CN3CCCC3)cc2)[C@H]1O. The van der Waals surface area contributed by atoms with Gasteiger partial charge >= 0.3 is 0 Å². The minimum Gasteiger partial charge on any atom is -0.484 e. The number of nitrogens with one attached hydrogen (secondary N) is 1. The summed E-state index contributed by atoms with van der Waals surface area (Å²) >= 11 is 0. The zero-order valence-electron chi connectivity index (χ0n) is 17.7. The van der Waals surface area contributed by atoms with Crippen LogP contribution in [0.3, 0.4) is 0 Å². The number of imidazole rings is 1. The van der Waals surface area contributed by atoms with E-state index in [1.165, 1.54) is 31.5 Å². The van der Waals surface area contributed by atoms with E-state index >= 15 is 0 Å². The molecular formula is C23H32N4O3. The molecule has 2 aliphatic rings. The molecule has 1 saturated heterocycles. The maximum Gasteiger partial charge on any atom is 0.258 e. The molecule has 1 aromatic carbocycles. The maximum atomic E-state index is 12.4. The Bertz CT molecular complexity index is 829. The van der Waals surface area contributed by atoms with Crippen molar-refractivity contribution >= 4 is 5.91 Å². The van der Waals surface area contributed by atoms with Gasteiger partial charge in [-0.25, -0.2) is 4.98 Å². The van der Waals surface area contributed by atoms with E-state index in [0.717, 1.165) is 31.6 Å². The van der Waals surface area contributed by atoms with Gasteiger partial charge in [0.25, 0.3) is 5.91 Å². The number of hydrogen-bond acceptors (Lipinski definition) is 5. The highest BCUT2D eigenvalue weighted by Gasteiger charge is 2.34. The summed E-state index contributed by atoms with van der Waals surface area (Å²) in [5, 5.41) is 13.8. The normalized spacial score (nSPS) is 24.7. The Hall–Kier alpha value is -2.38. The standard InChI is InChI=1S/C23H32N4O3/c1-17-24-11-14-27(17)21-6-4-5-20(23(21)29)25-22(28)16-30-19-9-7-18(8-10-19)15-26-12-2-3-13-26/h7-11,14,20-21,23,29H,2-6,12-13,15-16H2,1H3,(H,25,28)/t20-,21-,23-/m1/s1. The quantitative estimate of drug-likeness (QED) is 0.730. The highest BCUT2D eigenvalue weighted by atomic mass is 16.5. The van der Waals surface area contributed by atoms with Crippen LogP contribution in [0.15, 0.2) is 36.7 Å². The van der Waals surface area contributed by atoms with E-state index in [1.807, 2.05) is 29.8 Å². The molecule has 1 saturated carbocycles. The molecule has 30 heavy (non-hydrogen) atoms. The first-order valence-corrected chi connectivity index (χ1v) is 11.0. The Balaban J connectivity index is 1.25. The molecule has 2 N–H and O–H groups in total. The molecule has 1 aliphatic carbocycles. The van der Waals surface area contributed by atoms with Gasteiger partial charge in [0, 0.05) is 18.9 Å². The number of aromatic nitrogens is 2. The van der Waals surface area contributed by atoms with Crippen molar-refractivity contribution in [3.63, 3.8) is 0 Å². The first kappa shape index (κ1) is 20.9. The van der Waals surface area contributed by atoms with Gasteiger partial charge in [-0.1, -0.05) is 12.1 Å². The number of carbonyl (C=O) groups is 1. The van der Waals surface area contributed by atoms with Crippen molar-refractivity contribution in [2.24, 2.45) is 0 Å². The van der Waals surface area contributed by atoms with Crippen molar-refractivity contribution in [1.29, 1.82) is 0 Å². The Morgan fingerprint density at radius 2 is 1.97 bits per heavy atom. The fourth-order valence-corrected chi connectivity index (χ4v) is 4.64. The van der Waals surface area contributed by atoms with Gasteiger partial charge in [0.1, 0.15) is 11.6 Å². The largest absolute Gasteiger partial charge is 0.484 e. The molecule has 1 amide bonds.